The van der Waals surface area contributed by atoms with Gasteiger partial charge < -0.3 is 15.6 Å². The highest BCUT2D eigenvalue weighted by molar-refractivity contribution is 5.72. The Morgan fingerprint density at radius 1 is 1.54 bits per heavy atom. The molecule has 0 radical (unpaired) electrons. The maximum Gasteiger partial charge on any atom is 0.333 e. The number of nitrogen functional groups attached to an aromatic ring is 1. The van der Waals surface area contributed by atoms with Crippen LogP contribution in [0.4, 0.5) is 10.3 Å². The van der Waals surface area contributed by atoms with Crippen molar-refractivity contribution in [1.29, 1.82) is 0 Å². The van der Waals surface area contributed by atoms with E-state index in [2.05, 4.69) is 15.9 Å². The lowest BCUT2D eigenvalue weighted by atomic mass is 9.99. The molecule has 0 bridgehead atoms. The topological polar surface area (TPSA) is 128 Å². The van der Waals surface area contributed by atoms with Crippen LogP contribution in [0.5, 0.6) is 0 Å². The van der Waals surface area contributed by atoms with Gasteiger partial charge in [-0.15, -0.1) is 6.42 Å². The molecule has 0 aromatic carbocycles. The summed E-state index contributed by atoms with van der Waals surface area (Å²) in [5.41, 5.74) is 4.21. The van der Waals surface area contributed by atoms with Crippen molar-refractivity contribution in [2.45, 2.75) is 51.4 Å². The van der Waals surface area contributed by atoms with Gasteiger partial charge in [0.25, 0.3) is 5.56 Å². The fourth-order valence-corrected chi connectivity index (χ4v) is 3.31. The molecular weight excluding hydrogens is 345 g/mol. The van der Waals surface area contributed by atoms with Crippen LogP contribution in [-0.4, -0.2) is 42.6 Å². The number of H-pyrrole nitrogens is 1. The zero-order valence-corrected chi connectivity index (χ0v) is 14.3. The summed E-state index contributed by atoms with van der Waals surface area (Å²) in [4.78, 5) is 31.5. The number of rotatable bonds is 4. The molecule has 1 aliphatic heterocycles. The van der Waals surface area contributed by atoms with E-state index >= 15 is 0 Å². The zero-order valence-electron chi connectivity index (χ0n) is 14.3. The molecule has 10 heteroatoms. The third-order valence-electron chi connectivity index (χ3n) is 4.69. The van der Waals surface area contributed by atoms with Crippen molar-refractivity contribution in [2.75, 3.05) is 5.73 Å². The van der Waals surface area contributed by atoms with Gasteiger partial charge in [0.05, 0.1) is 12.6 Å². The lowest BCUT2D eigenvalue weighted by Gasteiger charge is -2.19. The maximum absolute atomic E-state index is 14.6. The summed E-state index contributed by atoms with van der Waals surface area (Å²) in [6, 6.07) is 0. The number of imidazole rings is 1. The lowest BCUT2D eigenvalue weighted by Crippen LogP contribution is -2.33. The molecule has 2 aromatic heterocycles. The van der Waals surface area contributed by atoms with Gasteiger partial charge in [-0.25, -0.2) is 13.8 Å². The summed E-state index contributed by atoms with van der Waals surface area (Å²) in [5.74, 6) is 1.35. The number of aliphatic hydroxyl groups is 1. The molecule has 2 aromatic rings. The van der Waals surface area contributed by atoms with Crippen molar-refractivity contribution in [3.05, 3.63) is 20.8 Å². The van der Waals surface area contributed by atoms with Gasteiger partial charge in [0.15, 0.2) is 11.2 Å². The van der Waals surface area contributed by atoms with Gasteiger partial charge in [-0.05, 0) is 6.42 Å². The second kappa shape index (κ2) is 6.59. The first-order valence-electron chi connectivity index (χ1n) is 8.23. The number of halogens is 1. The molecular formula is C16H20FN5O4. The number of nitrogens with two attached hydrogens (primary N) is 1. The Morgan fingerprint density at radius 3 is 2.85 bits per heavy atom. The summed E-state index contributed by atoms with van der Waals surface area (Å²) in [7, 11) is 0. The number of anilines is 1. The predicted molar refractivity (Wildman–Crippen MR) is 92.1 cm³/mol. The minimum Gasteiger partial charge on any atom is -0.390 e. The smallest absolute Gasteiger partial charge is 0.333 e. The molecule has 26 heavy (non-hydrogen) atoms. The summed E-state index contributed by atoms with van der Waals surface area (Å²) < 4.78 is 22.5. The molecule has 3 rings (SSSR count). The monoisotopic (exact) mass is 365 g/mol. The van der Waals surface area contributed by atoms with Crippen LogP contribution in [0.25, 0.3) is 11.2 Å². The first kappa shape index (κ1) is 18.2. The van der Waals surface area contributed by atoms with E-state index in [9.17, 15) is 19.1 Å². The van der Waals surface area contributed by atoms with E-state index < -0.39 is 41.8 Å². The van der Waals surface area contributed by atoms with E-state index in [1.165, 1.54) is 0 Å². The van der Waals surface area contributed by atoms with E-state index in [1.54, 1.807) is 13.8 Å². The summed E-state index contributed by atoms with van der Waals surface area (Å²) in [6.45, 7) is 3.09. The standard InChI is InChI=1S/C16H20FN5O4/c1-4-6-21-10-12(19-15(18)20-13(10)24)22(16(21)25)14-7(3)9(17)11(26-14)8(23)5-2/h1,7-9,11,14,23H,5-6H2,2-3H3,(H3,18,19,20,24)/t7-,8+,9-,11-,14-/m1/s1. The number of terminal acetylenes is 1. The highest BCUT2D eigenvalue weighted by atomic mass is 19.1. The Hall–Kier alpha value is -2.64. The van der Waals surface area contributed by atoms with Crippen LogP contribution in [0.15, 0.2) is 9.59 Å². The molecule has 0 unspecified atom stereocenters. The highest BCUT2D eigenvalue weighted by Gasteiger charge is 2.47. The molecule has 1 aliphatic rings. The van der Waals surface area contributed by atoms with Crippen molar-refractivity contribution in [1.82, 2.24) is 19.1 Å². The van der Waals surface area contributed by atoms with Crippen molar-refractivity contribution in [3.8, 4) is 12.3 Å². The molecule has 1 saturated heterocycles. The van der Waals surface area contributed by atoms with Gasteiger partial charge in [-0.1, -0.05) is 19.8 Å². The number of ether oxygens (including phenoxy) is 1. The molecule has 0 amide bonds. The normalized spacial score (nSPS) is 26.9. The third kappa shape index (κ3) is 2.60. The Morgan fingerprint density at radius 2 is 2.23 bits per heavy atom. The molecule has 5 atom stereocenters. The second-order valence-corrected chi connectivity index (χ2v) is 6.34. The minimum absolute atomic E-state index is 0.0396. The van der Waals surface area contributed by atoms with Crippen LogP contribution in [0.3, 0.4) is 0 Å². The number of nitrogens with one attached hydrogen (secondary N) is 1. The Kier molecular flexibility index (Phi) is 4.60. The fraction of sp³-hybridized carbons (Fsp3) is 0.562. The average molecular weight is 365 g/mol. The third-order valence-corrected chi connectivity index (χ3v) is 4.69. The predicted octanol–water partition coefficient (Wildman–Crippen LogP) is -0.256. The Labute approximate surface area is 147 Å². The van der Waals surface area contributed by atoms with Gasteiger partial charge in [0.1, 0.15) is 18.5 Å². The van der Waals surface area contributed by atoms with Crippen LogP contribution in [0.2, 0.25) is 0 Å². The Bertz CT molecular complexity index is 987. The number of hydrogen-bond acceptors (Lipinski definition) is 6. The van der Waals surface area contributed by atoms with Crippen LogP contribution < -0.4 is 17.0 Å². The van der Waals surface area contributed by atoms with Crippen LogP contribution in [-0.2, 0) is 11.3 Å². The second-order valence-electron chi connectivity index (χ2n) is 6.34. The number of fused-ring (bicyclic) bond motifs is 1. The van der Waals surface area contributed by atoms with Crippen molar-refractivity contribution in [2.24, 2.45) is 5.92 Å². The number of alkyl halides is 1. The maximum atomic E-state index is 14.6. The van der Waals surface area contributed by atoms with Gasteiger partial charge in [0, 0.05) is 5.92 Å². The quantitative estimate of drug-likeness (QED) is 0.641. The van der Waals surface area contributed by atoms with Gasteiger partial charge in [-0.3, -0.25) is 14.3 Å². The van der Waals surface area contributed by atoms with E-state index in [4.69, 9.17) is 16.9 Å². The molecule has 140 valence electrons. The number of hydrogen-bond donors (Lipinski definition) is 3. The minimum atomic E-state index is -1.49. The van der Waals surface area contributed by atoms with E-state index in [0.29, 0.717) is 6.42 Å². The zero-order chi connectivity index (χ0) is 19.2. The molecule has 0 aliphatic carbocycles. The summed E-state index contributed by atoms with van der Waals surface area (Å²) >= 11 is 0. The molecule has 3 heterocycles. The van der Waals surface area contributed by atoms with E-state index in [0.717, 1.165) is 9.13 Å². The van der Waals surface area contributed by atoms with Gasteiger partial charge in [-0.2, -0.15) is 4.98 Å². The average Bonchev–Trinajstić information content (AvgIpc) is 3.03. The molecule has 4 N–H and O–H groups in total. The van der Waals surface area contributed by atoms with Crippen molar-refractivity contribution in [3.63, 3.8) is 0 Å². The first-order valence-corrected chi connectivity index (χ1v) is 8.23. The van der Waals surface area contributed by atoms with Crippen LogP contribution >= 0.6 is 0 Å². The van der Waals surface area contributed by atoms with Gasteiger partial charge in [0.2, 0.25) is 5.95 Å². The largest absolute Gasteiger partial charge is 0.390 e. The van der Waals surface area contributed by atoms with Crippen LogP contribution in [0, 0.1) is 18.3 Å². The molecule has 9 nitrogen and oxygen atoms in total. The number of aromatic amines is 1. The molecule has 0 saturated carbocycles. The number of aliphatic hydroxyl groups excluding tert-OH is 1. The van der Waals surface area contributed by atoms with Crippen molar-refractivity contribution < 1.29 is 14.2 Å². The van der Waals surface area contributed by atoms with Crippen molar-refractivity contribution >= 4 is 17.1 Å². The Balaban J connectivity index is 2.23. The number of aromatic nitrogens is 4. The molecule has 0 spiro atoms. The lowest BCUT2D eigenvalue weighted by molar-refractivity contribution is -0.0745. The highest BCUT2D eigenvalue weighted by Crippen LogP contribution is 2.38. The first-order chi connectivity index (χ1) is 12.3. The van der Waals surface area contributed by atoms with Crippen LogP contribution in [0.1, 0.15) is 26.5 Å². The summed E-state index contributed by atoms with van der Waals surface area (Å²) in [6.07, 6.45) is 0.931. The fourth-order valence-electron chi connectivity index (χ4n) is 3.31. The van der Waals surface area contributed by atoms with Gasteiger partial charge >= 0.3 is 5.69 Å². The SMILES string of the molecule is C#CCn1c(=O)n([C@@H]2O[C@H]([C@@H](O)CC)[C@H](F)[C@H]2C)c2nc(N)[nH]c(=O)c21. The summed E-state index contributed by atoms with van der Waals surface area (Å²) in [5, 5.41) is 10.00. The van der Waals surface area contributed by atoms with E-state index in [-0.39, 0.29) is 23.7 Å². The molecule has 1 fully saturated rings. The van der Waals surface area contributed by atoms with E-state index in [1.807, 2.05) is 0 Å². The number of nitrogens with zero attached hydrogens (tertiary/aromatic N) is 3.